The Morgan fingerprint density at radius 3 is 2.90 bits per heavy atom. The van der Waals surface area contributed by atoms with Gasteiger partial charge in [0.2, 0.25) is 5.91 Å². The normalized spacial score (nSPS) is 19.0. The van der Waals surface area contributed by atoms with E-state index in [0.717, 1.165) is 53.5 Å². The van der Waals surface area contributed by atoms with Crippen LogP contribution in [0.1, 0.15) is 29.3 Å². The number of rotatable bonds is 3. The second-order valence-electron chi connectivity index (χ2n) is 7.38. The van der Waals surface area contributed by atoms with Gasteiger partial charge in [0, 0.05) is 25.1 Å². The number of ether oxygens (including phenoxy) is 2. The average Bonchev–Trinajstić information content (AvgIpc) is 3.22. The Morgan fingerprint density at radius 2 is 2.00 bits per heavy atom. The molecule has 5 rings (SSSR count). The van der Waals surface area contributed by atoms with Crippen molar-refractivity contribution in [3.63, 3.8) is 0 Å². The van der Waals surface area contributed by atoms with Crippen LogP contribution in [-0.2, 0) is 4.79 Å². The maximum atomic E-state index is 12.8. The Labute approximate surface area is 173 Å². The van der Waals surface area contributed by atoms with Gasteiger partial charge in [0.1, 0.15) is 13.2 Å². The van der Waals surface area contributed by atoms with Crippen LogP contribution >= 0.6 is 11.3 Å². The highest BCUT2D eigenvalue weighted by Gasteiger charge is 2.26. The molecule has 3 aromatic rings. The molecule has 2 aliphatic heterocycles. The molecule has 1 aromatic heterocycles. The number of hydrogen-bond acceptors (Lipinski definition) is 5. The Kier molecular flexibility index (Phi) is 4.94. The van der Waals surface area contributed by atoms with Crippen LogP contribution in [0, 0.1) is 0 Å². The van der Waals surface area contributed by atoms with Gasteiger partial charge >= 0.3 is 0 Å². The molecule has 2 aromatic carbocycles. The first-order chi connectivity index (χ1) is 14.3. The molecule has 2 aliphatic rings. The lowest BCUT2D eigenvalue weighted by Gasteiger charge is -2.31. The van der Waals surface area contributed by atoms with Crippen molar-refractivity contribution in [2.24, 2.45) is 0 Å². The number of hydrogen-bond donors (Lipinski definition) is 0. The van der Waals surface area contributed by atoms with E-state index in [4.69, 9.17) is 14.5 Å². The number of benzene rings is 2. The zero-order valence-corrected chi connectivity index (χ0v) is 16.9. The lowest BCUT2D eigenvalue weighted by molar-refractivity contribution is -0.127. The molecular formula is C23H22N2O3S. The fraction of sp³-hybridized carbons (Fsp3) is 0.304. The second-order valence-corrected chi connectivity index (χ2v) is 8.44. The number of nitrogens with zero attached hydrogens (tertiary/aromatic N) is 2. The zero-order chi connectivity index (χ0) is 19.6. The second kappa shape index (κ2) is 7.87. The number of amides is 1. The van der Waals surface area contributed by atoms with Crippen LogP contribution in [0.2, 0.25) is 0 Å². The van der Waals surface area contributed by atoms with E-state index >= 15 is 0 Å². The molecule has 0 radical (unpaired) electrons. The summed E-state index contributed by atoms with van der Waals surface area (Å²) in [4.78, 5) is 19.5. The van der Waals surface area contributed by atoms with Crippen molar-refractivity contribution >= 4 is 33.5 Å². The summed E-state index contributed by atoms with van der Waals surface area (Å²) >= 11 is 1.75. The van der Waals surface area contributed by atoms with Gasteiger partial charge in [0.25, 0.3) is 0 Å². The molecule has 148 valence electrons. The highest BCUT2D eigenvalue weighted by atomic mass is 32.1. The first kappa shape index (κ1) is 18.2. The summed E-state index contributed by atoms with van der Waals surface area (Å²) in [5, 5.41) is 1.14. The van der Waals surface area contributed by atoms with Crippen molar-refractivity contribution in [2.75, 3.05) is 26.3 Å². The standard InChI is InChI=1S/C23H22N2O3S/c26-22(10-8-16-7-9-19-20(14-16)28-13-12-27-19)25-11-3-4-17(15-25)23-24-18-5-1-2-6-21(18)29-23/h1-2,5-10,14,17H,3-4,11-13,15H2/b10-8+/t17-/m1/s1. The highest BCUT2D eigenvalue weighted by Crippen LogP contribution is 2.33. The Bertz CT molecular complexity index is 1040. The summed E-state index contributed by atoms with van der Waals surface area (Å²) in [6.45, 7) is 2.65. The molecular weight excluding hydrogens is 384 g/mol. The number of piperidine rings is 1. The van der Waals surface area contributed by atoms with Crippen molar-refractivity contribution in [3.8, 4) is 11.5 Å². The van der Waals surface area contributed by atoms with Crippen molar-refractivity contribution in [1.82, 2.24) is 9.88 Å². The average molecular weight is 407 g/mol. The number of thiazole rings is 1. The van der Waals surface area contributed by atoms with Gasteiger partial charge in [-0.05, 0) is 48.7 Å². The predicted molar refractivity (Wildman–Crippen MR) is 115 cm³/mol. The van der Waals surface area contributed by atoms with E-state index in [2.05, 4.69) is 12.1 Å². The Hall–Kier alpha value is -2.86. The first-order valence-corrected chi connectivity index (χ1v) is 10.8. The molecule has 1 fully saturated rings. The van der Waals surface area contributed by atoms with Gasteiger partial charge in [0.15, 0.2) is 11.5 Å². The summed E-state index contributed by atoms with van der Waals surface area (Å²) in [5.74, 6) is 1.85. The van der Waals surface area contributed by atoms with E-state index in [0.29, 0.717) is 19.1 Å². The minimum absolute atomic E-state index is 0.0469. The number of carbonyl (C=O) groups excluding carboxylic acids is 1. The largest absolute Gasteiger partial charge is 0.486 e. The number of aromatic nitrogens is 1. The lowest BCUT2D eigenvalue weighted by atomic mass is 9.98. The maximum absolute atomic E-state index is 12.8. The summed E-state index contributed by atoms with van der Waals surface area (Å²) in [7, 11) is 0. The number of fused-ring (bicyclic) bond motifs is 2. The quantitative estimate of drug-likeness (QED) is 0.602. The third-order valence-electron chi connectivity index (χ3n) is 5.38. The third kappa shape index (κ3) is 3.85. The molecule has 29 heavy (non-hydrogen) atoms. The fourth-order valence-corrected chi connectivity index (χ4v) is 4.97. The van der Waals surface area contributed by atoms with Gasteiger partial charge in [-0.2, -0.15) is 0 Å². The fourth-order valence-electron chi connectivity index (χ4n) is 3.88. The number of para-hydroxylation sites is 1. The van der Waals surface area contributed by atoms with Crippen molar-refractivity contribution < 1.29 is 14.3 Å². The Morgan fingerprint density at radius 1 is 1.14 bits per heavy atom. The van der Waals surface area contributed by atoms with Crippen LogP contribution in [0.25, 0.3) is 16.3 Å². The summed E-state index contributed by atoms with van der Waals surface area (Å²) in [6.07, 6.45) is 5.59. The highest BCUT2D eigenvalue weighted by molar-refractivity contribution is 7.18. The molecule has 0 bridgehead atoms. The molecule has 0 unspecified atom stereocenters. The minimum atomic E-state index is 0.0469. The molecule has 3 heterocycles. The van der Waals surface area contributed by atoms with Gasteiger partial charge in [-0.25, -0.2) is 4.98 Å². The van der Waals surface area contributed by atoms with Crippen LogP contribution in [0.3, 0.4) is 0 Å². The Balaban J connectivity index is 1.27. The van der Waals surface area contributed by atoms with Crippen LogP contribution in [0.15, 0.2) is 48.5 Å². The zero-order valence-electron chi connectivity index (χ0n) is 16.0. The molecule has 0 N–H and O–H groups in total. The van der Waals surface area contributed by atoms with Crippen LogP contribution in [0.4, 0.5) is 0 Å². The molecule has 1 atom stereocenters. The molecule has 1 amide bonds. The predicted octanol–water partition coefficient (Wildman–Crippen LogP) is 4.49. The molecule has 1 saturated heterocycles. The van der Waals surface area contributed by atoms with Crippen LogP contribution in [0.5, 0.6) is 11.5 Å². The van der Waals surface area contributed by atoms with Gasteiger partial charge in [-0.15, -0.1) is 11.3 Å². The van der Waals surface area contributed by atoms with Crippen LogP contribution < -0.4 is 9.47 Å². The summed E-state index contributed by atoms with van der Waals surface area (Å²) in [6, 6.07) is 14.0. The lowest BCUT2D eigenvalue weighted by Crippen LogP contribution is -2.38. The van der Waals surface area contributed by atoms with E-state index in [-0.39, 0.29) is 5.91 Å². The van der Waals surface area contributed by atoms with Crippen molar-refractivity contribution in [1.29, 1.82) is 0 Å². The van der Waals surface area contributed by atoms with E-state index < -0.39 is 0 Å². The number of likely N-dealkylation sites (tertiary alicyclic amines) is 1. The van der Waals surface area contributed by atoms with E-state index in [1.807, 2.05) is 41.3 Å². The minimum Gasteiger partial charge on any atom is -0.486 e. The first-order valence-electron chi connectivity index (χ1n) is 9.98. The molecule has 5 nitrogen and oxygen atoms in total. The van der Waals surface area contributed by atoms with E-state index in [9.17, 15) is 4.79 Å². The SMILES string of the molecule is O=C(/C=C/c1ccc2c(c1)OCCO2)N1CCC[C@@H](c2nc3ccccc3s2)C1. The van der Waals surface area contributed by atoms with Gasteiger partial charge in [0.05, 0.1) is 15.2 Å². The molecule has 6 heteroatoms. The molecule has 0 spiro atoms. The van der Waals surface area contributed by atoms with Crippen LogP contribution in [-0.4, -0.2) is 42.1 Å². The topological polar surface area (TPSA) is 51.7 Å². The van der Waals surface area contributed by atoms with Gasteiger partial charge < -0.3 is 14.4 Å². The third-order valence-corrected chi connectivity index (χ3v) is 6.58. The maximum Gasteiger partial charge on any atom is 0.246 e. The smallest absolute Gasteiger partial charge is 0.246 e. The molecule has 0 aliphatic carbocycles. The molecule has 0 saturated carbocycles. The van der Waals surface area contributed by atoms with E-state index in [1.54, 1.807) is 17.4 Å². The van der Waals surface area contributed by atoms with E-state index in [1.165, 1.54) is 4.70 Å². The van der Waals surface area contributed by atoms with Crippen molar-refractivity contribution in [3.05, 3.63) is 59.1 Å². The number of carbonyl (C=O) groups is 1. The van der Waals surface area contributed by atoms with Crippen molar-refractivity contribution in [2.45, 2.75) is 18.8 Å². The summed E-state index contributed by atoms with van der Waals surface area (Å²) < 4.78 is 12.4. The monoisotopic (exact) mass is 406 g/mol. The van der Waals surface area contributed by atoms with Gasteiger partial charge in [-0.1, -0.05) is 18.2 Å². The summed E-state index contributed by atoms with van der Waals surface area (Å²) in [5.41, 5.74) is 1.98. The van der Waals surface area contributed by atoms with Gasteiger partial charge in [-0.3, -0.25) is 4.79 Å².